The zero-order chi connectivity index (χ0) is 12.0. The van der Waals surface area contributed by atoms with Crippen molar-refractivity contribution in [2.45, 2.75) is 63.6 Å². The number of likely N-dealkylation sites (tertiary alicyclic amines) is 1. The van der Waals surface area contributed by atoms with Crippen LogP contribution in [0.1, 0.15) is 46.5 Å². The quantitative estimate of drug-likeness (QED) is 0.686. The SMILES string of the molecule is CC(C)(C)OC(=O)N1CCCC[C@]2(N)C[C@H]12. The second-order valence-electron chi connectivity index (χ2n) is 6.08. The maximum atomic E-state index is 12.0. The first-order valence-electron chi connectivity index (χ1n) is 6.10. The molecular formula is C12H22N2O2. The summed E-state index contributed by atoms with van der Waals surface area (Å²) in [6.07, 6.45) is 3.93. The molecule has 4 nitrogen and oxygen atoms in total. The summed E-state index contributed by atoms with van der Waals surface area (Å²) < 4.78 is 5.41. The van der Waals surface area contributed by atoms with Crippen molar-refractivity contribution < 1.29 is 9.53 Å². The maximum Gasteiger partial charge on any atom is 0.410 e. The third-order valence-corrected chi connectivity index (χ3v) is 3.37. The van der Waals surface area contributed by atoms with E-state index in [0.717, 1.165) is 32.2 Å². The van der Waals surface area contributed by atoms with Crippen LogP contribution in [0.25, 0.3) is 0 Å². The molecule has 0 spiro atoms. The summed E-state index contributed by atoms with van der Waals surface area (Å²) in [5.74, 6) is 0. The third kappa shape index (κ3) is 2.32. The molecule has 2 fully saturated rings. The van der Waals surface area contributed by atoms with Crippen molar-refractivity contribution in [3.05, 3.63) is 0 Å². The Balaban J connectivity index is 2.01. The Labute approximate surface area is 97.1 Å². The Bertz CT molecular complexity index is 298. The van der Waals surface area contributed by atoms with Crippen molar-refractivity contribution in [3.8, 4) is 0 Å². The van der Waals surface area contributed by atoms with Gasteiger partial charge in [0.15, 0.2) is 0 Å². The number of carbonyl (C=O) groups excluding carboxylic acids is 1. The summed E-state index contributed by atoms with van der Waals surface area (Å²) in [4.78, 5) is 13.8. The van der Waals surface area contributed by atoms with Gasteiger partial charge in [-0.1, -0.05) is 0 Å². The van der Waals surface area contributed by atoms with Crippen LogP contribution in [0.4, 0.5) is 4.79 Å². The van der Waals surface area contributed by atoms with Crippen LogP contribution in [-0.4, -0.2) is 34.7 Å². The molecular weight excluding hydrogens is 204 g/mol. The molecule has 2 atom stereocenters. The van der Waals surface area contributed by atoms with Crippen LogP contribution in [-0.2, 0) is 4.74 Å². The van der Waals surface area contributed by atoms with Crippen LogP contribution in [0.2, 0.25) is 0 Å². The number of fused-ring (bicyclic) bond motifs is 1. The molecule has 2 N–H and O–H groups in total. The van der Waals surface area contributed by atoms with Gasteiger partial charge in [0.2, 0.25) is 0 Å². The lowest BCUT2D eigenvalue weighted by Gasteiger charge is -2.27. The molecule has 0 aromatic carbocycles. The van der Waals surface area contributed by atoms with Crippen LogP contribution in [0, 0.1) is 0 Å². The van der Waals surface area contributed by atoms with Crippen molar-refractivity contribution in [2.75, 3.05) is 6.54 Å². The van der Waals surface area contributed by atoms with E-state index >= 15 is 0 Å². The summed E-state index contributed by atoms with van der Waals surface area (Å²) in [6, 6.07) is 0.213. The predicted molar refractivity (Wildman–Crippen MR) is 62.1 cm³/mol. The number of amides is 1. The van der Waals surface area contributed by atoms with Gasteiger partial charge in [-0.25, -0.2) is 4.79 Å². The normalized spacial score (nSPS) is 34.0. The molecule has 0 bridgehead atoms. The Morgan fingerprint density at radius 3 is 2.75 bits per heavy atom. The van der Waals surface area contributed by atoms with Gasteiger partial charge in [0, 0.05) is 12.1 Å². The van der Waals surface area contributed by atoms with Crippen LogP contribution in [0.15, 0.2) is 0 Å². The molecule has 1 saturated carbocycles. The van der Waals surface area contributed by atoms with Gasteiger partial charge in [0.05, 0.1) is 6.04 Å². The molecule has 2 rings (SSSR count). The van der Waals surface area contributed by atoms with E-state index in [9.17, 15) is 4.79 Å². The topological polar surface area (TPSA) is 55.6 Å². The fourth-order valence-electron chi connectivity index (χ4n) is 2.42. The van der Waals surface area contributed by atoms with E-state index in [2.05, 4.69) is 0 Å². The highest BCUT2D eigenvalue weighted by Crippen LogP contribution is 2.44. The van der Waals surface area contributed by atoms with Crippen LogP contribution >= 0.6 is 0 Å². The molecule has 2 aliphatic rings. The smallest absolute Gasteiger partial charge is 0.410 e. The first-order valence-corrected chi connectivity index (χ1v) is 6.10. The number of ether oxygens (including phenoxy) is 1. The maximum absolute atomic E-state index is 12.0. The average molecular weight is 226 g/mol. The Morgan fingerprint density at radius 1 is 1.44 bits per heavy atom. The molecule has 0 radical (unpaired) electrons. The zero-order valence-electron chi connectivity index (χ0n) is 10.5. The van der Waals surface area contributed by atoms with Gasteiger partial charge in [-0.15, -0.1) is 0 Å². The minimum atomic E-state index is -0.421. The number of hydrogen-bond donors (Lipinski definition) is 1. The molecule has 1 aliphatic heterocycles. The highest BCUT2D eigenvalue weighted by molar-refractivity contribution is 5.69. The van der Waals surface area contributed by atoms with E-state index in [1.54, 1.807) is 0 Å². The molecule has 4 heteroatoms. The average Bonchev–Trinajstić information content (AvgIpc) is 2.74. The fourth-order valence-corrected chi connectivity index (χ4v) is 2.42. The number of rotatable bonds is 0. The van der Waals surface area contributed by atoms with Gasteiger partial charge in [-0.2, -0.15) is 0 Å². The van der Waals surface area contributed by atoms with E-state index in [-0.39, 0.29) is 17.7 Å². The van der Waals surface area contributed by atoms with Gasteiger partial charge >= 0.3 is 6.09 Å². The van der Waals surface area contributed by atoms with Gasteiger partial charge < -0.3 is 15.4 Å². The number of hydrogen-bond acceptors (Lipinski definition) is 3. The van der Waals surface area contributed by atoms with Crippen LogP contribution < -0.4 is 5.73 Å². The first-order chi connectivity index (χ1) is 7.32. The van der Waals surface area contributed by atoms with Crippen LogP contribution in [0.3, 0.4) is 0 Å². The standard InChI is InChI=1S/C12H22N2O2/c1-11(2,3)16-10(15)14-7-5-4-6-12(13)8-9(12)14/h9H,4-8,13H2,1-3H3/t9-,12-/m0/s1. The van der Waals surface area contributed by atoms with Gasteiger partial charge in [0.25, 0.3) is 0 Å². The summed E-state index contributed by atoms with van der Waals surface area (Å²) >= 11 is 0. The lowest BCUT2D eigenvalue weighted by molar-refractivity contribution is 0.0228. The molecule has 92 valence electrons. The van der Waals surface area contributed by atoms with Gasteiger partial charge in [0.1, 0.15) is 5.60 Å². The van der Waals surface area contributed by atoms with Crippen LogP contribution in [0.5, 0.6) is 0 Å². The summed E-state index contributed by atoms with van der Waals surface area (Å²) in [7, 11) is 0. The summed E-state index contributed by atoms with van der Waals surface area (Å²) in [6.45, 7) is 6.47. The molecule has 0 unspecified atom stereocenters. The first kappa shape index (κ1) is 11.7. The summed E-state index contributed by atoms with van der Waals surface area (Å²) in [5, 5.41) is 0. The summed E-state index contributed by atoms with van der Waals surface area (Å²) in [5.41, 5.74) is 5.66. The Hall–Kier alpha value is -0.770. The van der Waals surface area contributed by atoms with Crippen molar-refractivity contribution in [1.82, 2.24) is 4.90 Å². The van der Waals surface area contributed by atoms with E-state index < -0.39 is 5.60 Å². The van der Waals surface area contributed by atoms with Gasteiger partial charge in [-0.3, -0.25) is 0 Å². The third-order valence-electron chi connectivity index (χ3n) is 3.37. The number of nitrogens with two attached hydrogens (primary N) is 1. The lowest BCUT2D eigenvalue weighted by Crippen LogP contribution is -2.42. The highest BCUT2D eigenvalue weighted by Gasteiger charge is 2.56. The fraction of sp³-hybridized carbons (Fsp3) is 0.917. The molecule has 1 aliphatic carbocycles. The van der Waals surface area contributed by atoms with E-state index in [1.807, 2.05) is 25.7 Å². The highest BCUT2D eigenvalue weighted by atomic mass is 16.6. The van der Waals surface area contributed by atoms with Crippen molar-refractivity contribution in [2.24, 2.45) is 5.73 Å². The lowest BCUT2D eigenvalue weighted by atomic mass is 10.1. The molecule has 16 heavy (non-hydrogen) atoms. The van der Waals surface area contributed by atoms with Crippen molar-refractivity contribution in [1.29, 1.82) is 0 Å². The Morgan fingerprint density at radius 2 is 2.12 bits per heavy atom. The molecule has 1 saturated heterocycles. The van der Waals surface area contributed by atoms with Crippen molar-refractivity contribution >= 4 is 6.09 Å². The minimum absolute atomic E-state index is 0.118. The second-order valence-corrected chi connectivity index (χ2v) is 6.08. The number of nitrogens with zero attached hydrogens (tertiary/aromatic N) is 1. The van der Waals surface area contributed by atoms with Gasteiger partial charge in [-0.05, 0) is 46.5 Å². The Kier molecular flexibility index (Phi) is 2.65. The minimum Gasteiger partial charge on any atom is -0.444 e. The predicted octanol–water partition coefficient (Wildman–Crippen LogP) is 1.88. The number of carbonyl (C=O) groups is 1. The largest absolute Gasteiger partial charge is 0.444 e. The molecule has 1 heterocycles. The molecule has 1 amide bonds. The monoisotopic (exact) mass is 226 g/mol. The van der Waals surface area contributed by atoms with E-state index in [0.29, 0.717) is 0 Å². The van der Waals surface area contributed by atoms with Crippen molar-refractivity contribution in [3.63, 3.8) is 0 Å². The molecule has 0 aromatic rings. The van der Waals surface area contributed by atoms with E-state index in [4.69, 9.17) is 10.5 Å². The zero-order valence-corrected chi connectivity index (χ0v) is 10.5. The molecule has 0 aromatic heterocycles. The second kappa shape index (κ2) is 3.62. The van der Waals surface area contributed by atoms with E-state index in [1.165, 1.54) is 0 Å².